The summed E-state index contributed by atoms with van der Waals surface area (Å²) in [7, 11) is -2.20. The molecule has 7 nitrogen and oxygen atoms in total. The number of benzene rings is 2. The van der Waals surface area contributed by atoms with Gasteiger partial charge < -0.3 is 14.4 Å². The predicted molar refractivity (Wildman–Crippen MR) is 122 cm³/mol. The minimum atomic E-state index is -3.71. The largest absolute Gasteiger partial charge is 0.496 e. The van der Waals surface area contributed by atoms with E-state index in [4.69, 9.17) is 9.47 Å². The molecule has 0 aliphatic carbocycles. The van der Waals surface area contributed by atoms with Gasteiger partial charge >= 0.3 is 0 Å². The number of hydrogen-bond acceptors (Lipinski definition) is 5. The number of methoxy groups -OCH3 is 1. The van der Waals surface area contributed by atoms with Crippen LogP contribution >= 0.6 is 0 Å². The molecule has 168 valence electrons. The van der Waals surface area contributed by atoms with Crippen LogP contribution in [0.3, 0.4) is 0 Å². The molecule has 1 amide bonds. The summed E-state index contributed by atoms with van der Waals surface area (Å²) < 4.78 is 39.4. The average Bonchev–Trinajstić information content (AvgIpc) is 2.78. The molecule has 0 spiro atoms. The van der Waals surface area contributed by atoms with Crippen molar-refractivity contribution in [2.75, 3.05) is 29.9 Å². The number of nitrogens with one attached hydrogen (secondary N) is 1. The van der Waals surface area contributed by atoms with Crippen LogP contribution in [0.5, 0.6) is 11.5 Å². The SMILES string of the molecule is COc1ccccc1CS(=O)(=O)Nc1ccc2c(c1)N(CC(C)C)C(=O)C(C)(C)CO2. The van der Waals surface area contributed by atoms with Crippen LogP contribution in [0, 0.1) is 11.3 Å². The molecule has 1 heterocycles. The van der Waals surface area contributed by atoms with Crippen LogP contribution in [0.15, 0.2) is 42.5 Å². The number of hydrogen-bond donors (Lipinski definition) is 1. The van der Waals surface area contributed by atoms with Gasteiger partial charge in [0.1, 0.15) is 18.1 Å². The Morgan fingerprint density at radius 1 is 1.19 bits per heavy atom. The van der Waals surface area contributed by atoms with Gasteiger partial charge in [0.05, 0.1) is 29.7 Å². The highest BCUT2D eigenvalue weighted by Gasteiger charge is 2.38. The van der Waals surface area contributed by atoms with E-state index in [-0.39, 0.29) is 24.2 Å². The molecule has 2 aromatic carbocycles. The molecule has 8 heteroatoms. The minimum absolute atomic E-state index is 0.0472. The summed E-state index contributed by atoms with van der Waals surface area (Å²) in [5.74, 6) is 1.03. The first-order chi connectivity index (χ1) is 14.5. The number of para-hydroxylation sites is 1. The molecular formula is C23H30N2O5S. The summed E-state index contributed by atoms with van der Waals surface area (Å²) >= 11 is 0. The first kappa shape index (κ1) is 22.9. The maximum absolute atomic E-state index is 13.2. The van der Waals surface area contributed by atoms with Crippen LogP contribution in [0.4, 0.5) is 11.4 Å². The van der Waals surface area contributed by atoms with E-state index in [1.165, 1.54) is 7.11 Å². The van der Waals surface area contributed by atoms with Crippen LogP contribution in [0.25, 0.3) is 0 Å². The zero-order chi connectivity index (χ0) is 22.8. The van der Waals surface area contributed by atoms with Crippen molar-refractivity contribution in [2.45, 2.75) is 33.4 Å². The van der Waals surface area contributed by atoms with Gasteiger partial charge in [0, 0.05) is 12.1 Å². The quantitative estimate of drug-likeness (QED) is 0.694. The number of amides is 1. The fourth-order valence-electron chi connectivity index (χ4n) is 3.50. The molecule has 0 atom stereocenters. The van der Waals surface area contributed by atoms with E-state index >= 15 is 0 Å². The number of rotatable bonds is 7. The van der Waals surface area contributed by atoms with Crippen molar-refractivity contribution < 1.29 is 22.7 Å². The highest BCUT2D eigenvalue weighted by Crippen LogP contribution is 2.39. The average molecular weight is 447 g/mol. The van der Waals surface area contributed by atoms with Crippen LogP contribution < -0.4 is 19.1 Å². The van der Waals surface area contributed by atoms with Gasteiger partial charge in [-0.1, -0.05) is 32.0 Å². The monoisotopic (exact) mass is 446 g/mol. The van der Waals surface area contributed by atoms with Crippen LogP contribution in [-0.2, 0) is 20.6 Å². The maximum atomic E-state index is 13.2. The van der Waals surface area contributed by atoms with Crippen LogP contribution in [-0.4, -0.2) is 34.6 Å². The Bertz CT molecular complexity index is 1060. The first-order valence-corrected chi connectivity index (χ1v) is 11.9. The Morgan fingerprint density at radius 2 is 1.90 bits per heavy atom. The summed E-state index contributed by atoms with van der Waals surface area (Å²) in [6.45, 7) is 8.54. The zero-order valence-electron chi connectivity index (χ0n) is 18.6. The van der Waals surface area contributed by atoms with Gasteiger partial charge in [-0.2, -0.15) is 0 Å². The molecule has 1 N–H and O–H groups in total. The fraction of sp³-hybridized carbons (Fsp3) is 0.435. The topological polar surface area (TPSA) is 84.9 Å². The summed E-state index contributed by atoms with van der Waals surface area (Å²) in [4.78, 5) is 14.9. The van der Waals surface area contributed by atoms with Gasteiger partial charge in [-0.3, -0.25) is 9.52 Å². The van der Waals surface area contributed by atoms with Gasteiger partial charge in [0.15, 0.2) is 0 Å². The van der Waals surface area contributed by atoms with Gasteiger partial charge in [-0.15, -0.1) is 0 Å². The van der Waals surface area contributed by atoms with Gasteiger partial charge in [-0.25, -0.2) is 8.42 Å². The van der Waals surface area contributed by atoms with Crippen molar-refractivity contribution >= 4 is 27.3 Å². The second kappa shape index (κ2) is 8.78. The number of sulfonamides is 1. The van der Waals surface area contributed by atoms with Crippen molar-refractivity contribution in [1.29, 1.82) is 0 Å². The van der Waals surface area contributed by atoms with Gasteiger partial charge in [0.2, 0.25) is 15.9 Å². The molecule has 0 unspecified atom stereocenters. The molecule has 1 aliphatic heterocycles. The van der Waals surface area contributed by atoms with Crippen LogP contribution in [0.1, 0.15) is 33.3 Å². The van der Waals surface area contributed by atoms with E-state index in [1.807, 2.05) is 27.7 Å². The Hall–Kier alpha value is -2.74. The van der Waals surface area contributed by atoms with E-state index < -0.39 is 15.4 Å². The number of carbonyl (C=O) groups excluding carboxylic acids is 1. The maximum Gasteiger partial charge on any atom is 0.237 e. The first-order valence-electron chi connectivity index (χ1n) is 10.2. The van der Waals surface area contributed by atoms with Crippen molar-refractivity contribution in [1.82, 2.24) is 0 Å². The summed E-state index contributed by atoms with van der Waals surface area (Å²) in [6, 6.07) is 12.0. The smallest absolute Gasteiger partial charge is 0.237 e. The third-order valence-corrected chi connectivity index (χ3v) is 6.26. The Labute approximate surface area is 184 Å². The predicted octanol–water partition coefficient (Wildman–Crippen LogP) is 4.04. The van der Waals surface area contributed by atoms with E-state index in [0.29, 0.717) is 35.0 Å². The third-order valence-electron chi connectivity index (χ3n) is 5.02. The lowest BCUT2D eigenvalue weighted by atomic mass is 9.92. The number of anilines is 2. The molecule has 0 saturated carbocycles. The fourth-order valence-corrected chi connectivity index (χ4v) is 4.70. The van der Waals surface area contributed by atoms with Gasteiger partial charge in [-0.05, 0) is 44.0 Å². The second-order valence-corrected chi connectivity index (χ2v) is 10.6. The molecule has 1 aliphatic rings. The van der Waals surface area contributed by atoms with Gasteiger partial charge in [0.25, 0.3) is 0 Å². The van der Waals surface area contributed by atoms with E-state index in [1.54, 1.807) is 47.4 Å². The number of nitrogens with zero attached hydrogens (tertiary/aromatic N) is 1. The molecular weight excluding hydrogens is 416 g/mol. The van der Waals surface area contributed by atoms with E-state index in [0.717, 1.165) is 0 Å². The number of ether oxygens (including phenoxy) is 2. The summed E-state index contributed by atoms with van der Waals surface area (Å²) in [6.07, 6.45) is 0. The lowest BCUT2D eigenvalue weighted by Gasteiger charge is -2.29. The molecule has 31 heavy (non-hydrogen) atoms. The minimum Gasteiger partial charge on any atom is -0.496 e. The molecule has 0 saturated heterocycles. The molecule has 2 aromatic rings. The Kier molecular flexibility index (Phi) is 6.50. The standard InChI is InChI=1S/C23H30N2O5S/c1-16(2)13-25-19-12-18(10-11-21(19)30-15-23(3,4)22(25)26)24-31(27,28)14-17-8-6-7-9-20(17)29-5/h6-12,16,24H,13-15H2,1-5H3. The lowest BCUT2D eigenvalue weighted by Crippen LogP contribution is -2.43. The molecule has 0 bridgehead atoms. The van der Waals surface area contributed by atoms with Crippen molar-refractivity contribution in [2.24, 2.45) is 11.3 Å². The normalized spacial score (nSPS) is 15.8. The molecule has 0 radical (unpaired) electrons. The van der Waals surface area contributed by atoms with Crippen molar-refractivity contribution in [3.63, 3.8) is 0 Å². The molecule has 0 aromatic heterocycles. The third kappa shape index (κ3) is 5.31. The summed E-state index contributed by atoms with van der Waals surface area (Å²) in [5, 5.41) is 0. The summed E-state index contributed by atoms with van der Waals surface area (Å²) in [5.41, 5.74) is 0.825. The Morgan fingerprint density at radius 3 is 2.58 bits per heavy atom. The Balaban J connectivity index is 1.92. The number of carbonyl (C=O) groups is 1. The number of fused-ring (bicyclic) bond motifs is 1. The molecule has 3 rings (SSSR count). The van der Waals surface area contributed by atoms with E-state index in [2.05, 4.69) is 4.72 Å². The highest BCUT2D eigenvalue weighted by molar-refractivity contribution is 7.91. The highest BCUT2D eigenvalue weighted by atomic mass is 32.2. The molecule has 0 fully saturated rings. The van der Waals surface area contributed by atoms with Crippen LogP contribution in [0.2, 0.25) is 0 Å². The second-order valence-electron chi connectivity index (χ2n) is 8.84. The van der Waals surface area contributed by atoms with Crippen molar-refractivity contribution in [3.05, 3.63) is 48.0 Å². The van der Waals surface area contributed by atoms with E-state index in [9.17, 15) is 13.2 Å². The lowest BCUT2D eigenvalue weighted by molar-refractivity contribution is -0.127. The van der Waals surface area contributed by atoms with Crippen molar-refractivity contribution in [3.8, 4) is 11.5 Å². The zero-order valence-corrected chi connectivity index (χ0v) is 19.5.